The Balaban J connectivity index is 1.70. The van der Waals surface area contributed by atoms with Crippen LogP contribution in [-0.2, 0) is 16.3 Å². The van der Waals surface area contributed by atoms with Gasteiger partial charge in [0.2, 0.25) is 9.84 Å². The summed E-state index contributed by atoms with van der Waals surface area (Å²) in [7, 11) is -3.54. The maximum atomic E-state index is 13.1. The lowest BCUT2D eigenvalue weighted by atomic mass is 10.1. The number of piperazine rings is 1. The van der Waals surface area contributed by atoms with Crippen molar-refractivity contribution in [2.75, 3.05) is 32.7 Å². The molecule has 1 saturated heterocycles. The molecule has 2 N–H and O–H groups in total. The van der Waals surface area contributed by atoms with Gasteiger partial charge in [0.1, 0.15) is 0 Å². The largest absolute Gasteiger partial charge is 0.360 e. The van der Waals surface area contributed by atoms with Crippen LogP contribution in [0.1, 0.15) is 5.56 Å². The fraction of sp³-hybridized carbons (Fsp3) is 0.300. The van der Waals surface area contributed by atoms with Crippen molar-refractivity contribution in [1.29, 1.82) is 0 Å². The van der Waals surface area contributed by atoms with Crippen LogP contribution in [0.4, 0.5) is 0 Å². The summed E-state index contributed by atoms with van der Waals surface area (Å²) in [5.41, 5.74) is 1.95. The number of nitrogens with one attached hydrogen (secondary N) is 2. The second kappa shape index (κ2) is 7.23. The molecule has 1 aliphatic rings. The van der Waals surface area contributed by atoms with Gasteiger partial charge in [-0.1, -0.05) is 30.3 Å². The Morgan fingerprint density at radius 1 is 0.962 bits per heavy atom. The summed E-state index contributed by atoms with van der Waals surface area (Å²) in [6, 6.07) is 14.6. The van der Waals surface area contributed by atoms with Gasteiger partial charge in [-0.05, 0) is 30.2 Å². The fourth-order valence-electron chi connectivity index (χ4n) is 3.59. The van der Waals surface area contributed by atoms with Crippen LogP contribution in [0.15, 0.2) is 64.5 Å². The summed E-state index contributed by atoms with van der Waals surface area (Å²) in [4.78, 5) is 6.26. The third kappa shape index (κ3) is 3.28. The molecule has 0 amide bonds. The van der Waals surface area contributed by atoms with Crippen LogP contribution in [0.25, 0.3) is 10.9 Å². The van der Waals surface area contributed by atoms with Crippen molar-refractivity contribution in [2.45, 2.75) is 16.2 Å². The van der Waals surface area contributed by atoms with E-state index >= 15 is 0 Å². The van der Waals surface area contributed by atoms with Gasteiger partial charge in [-0.25, -0.2) is 8.42 Å². The molecular formula is C20H23N3O2S. The van der Waals surface area contributed by atoms with E-state index in [0.29, 0.717) is 9.79 Å². The number of fused-ring (bicyclic) bond motifs is 1. The average Bonchev–Trinajstić information content (AvgIpc) is 3.13. The summed E-state index contributed by atoms with van der Waals surface area (Å²) in [6.07, 6.45) is 2.47. The summed E-state index contributed by atoms with van der Waals surface area (Å²) >= 11 is 0. The monoisotopic (exact) mass is 369 g/mol. The molecule has 0 atom stereocenters. The van der Waals surface area contributed by atoms with Gasteiger partial charge in [0.25, 0.3) is 0 Å². The van der Waals surface area contributed by atoms with E-state index in [1.807, 2.05) is 24.3 Å². The molecule has 4 rings (SSSR count). The number of rotatable bonds is 5. The minimum Gasteiger partial charge on any atom is -0.360 e. The molecule has 1 fully saturated rings. The number of H-pyrrole nitrogens is 1. The first-order chi connectivity index (χ1) is 12.7. The van der Waals surface area contributed by atoms with Crippen molar-refractivity contribution in [3.05, 3.63) is 60.3 Å². The topological polar surface area (TPSA) is 65.2 Å². The molecule has 6 heteroatoms. The zero-order valence-electron chi connectivity index (χ0n) is 14.6. The van der Waals surface area contributed by atoms with Crippen molar-refractivity contribution in [3.63, 3.8) is 0 Å². The first-order valence-electron chi connectivity index (χ1n) is 8.98. The highest BCUT2D eigenvalue weighted by Gasteiger charge is 2.23. The molecule has 1 aliphatic heterocycles. The van der Waals surface area contributed by atoms with Crippen molar-refractivity contribution >= 4 is 20.7 Å². The Kier molecular flexibility index (Phi) is 4.80. The molecule has 5 nitrogen and oxygen atoms in total. The van der Waals surface area contributed by atoms with E-state index in [1.54, 1.807) is 30.5 Å². The third-order valence-corrected chi connectivity index (χ3v) is 6.80. The lowest BCUT2D eigenvalue weighted by Crippen LogP contribution is -2.44. The molecular weight excluding hydrogens is 346 g/mol. The molecule has 0 unspecified atom stereocenters. The number of nitrogens with zero attached hydrogens (tertiary/aromatic N) is 1. The number of benzene rings is 2. The Labute approximate surface area is 153 Å². The van der Waals surface area contributed by atoms with Crippen LogP contribution in [0, 0.1) is 0 Å². The maximum absolute atomic E-state index is 13.1. The van der Waals surface area contributed by atoms with E-state index in [-0.39, 0.29) is 0 Å². The third-order valence-electron chi connectivity index (χ3n) is 5.01. The summed E-state index contributed by atoms with van der Waals surface area (Å²) < 4.78 is 26.3. The summed E-state index contributed by atoms with van der Waals surface area (Å²) in [5, 5.41) is 4.19. The second-order valence-corrected chi connectivity index (χ2v) is 8.57. The Morgan fingerprint density at radius 2 is 1.73 bits per heavy atom. The molecule has 0 spiro atoms. The smallest absolute Gasteiger partial charge is 0.208 e. The molecule has 3 aromatic rings. The second-order valence-electron chi connectivity index (χ2n) is 6.65. The van der Waals surface area contributed by atoms with E-state index in [2.05, 4.69) is 15.2 Å². The van der Waals surface area contributed by atoms with Gasteiger partial charge in [-0.15, -0.1) is 0 Å². The normalized spacial score (nSPS) is 16.2. The van der Waals surface area contributed by atoms with Crippen LogP contribution >= 0.6 is 0 Å². The van der Waals surface area contributed by atoms with Crippen LogP contribution < -0.4 is 5.32 Å². The lowest BCUT2D eigenvalue weighted by molar-refractivity contribution is 0.244. The first kappa shape index (κ1) is 17.3. The Morgan fingerprint density at radius 3 is 2.50 bits per heavy atom. The standard InChI is InChI=1S/C20H23N3O2S/c24-26(25,17-6-2-1-3-7-17)19-15-22-18-8-4-5-16(20(18)19)9-12-23-13-10-21-11-14-23/h1-8,15,21-22H,9-14H2. The van der Waals surface area contributed by atoms with Crippen LogP contribution in [0.5, 0.6) is 0 Å². The molecule has 0 bridgehead atoms. The van der Waals surface area contributed by atoms with Crippen LogP contribution in [-0.4, -0.2) is 51.0 Å². The zero-order valence-corrected chi connectivity index (χ0v) is 15.4. The average molecular weight is 369 g/mol. The minimum atomic E-state index is -3.54. The van der Waals surface area contributed by atoms with E-state index in [9.17, 15) is 8.42 Å². The van der Waals surface area contributed by atoms with Gasteiger partial charge in [-0.3, -0.25) is 0 Å². The van der Waals surface area contributed by atoms with Crippen LogP contribution in [0.3, 0.4) is 0 Å². The van der Waals surface area contributed by atoms with Crippen molar-refractivity contribution in [2.24, 2.45) is 0 Å². The summed E-state index contributed by atoms with van der Waals surface area (Å²) in [5.74, 6) is 0. The fourth-order valence-corrected chi connectivity index (χ4v) is 5.08. The molecule has 0 aliphatic carbocycles. The Bertz CT molecular complexity index is 990. The highest BCUT2D eigenvalue weighted by Crippen LogP contribution is 2.31. The van der Waals surface area contributed by atoms with Crippen LogP contribution in [0.2, 0.25) is 0 Å². The number of aromatic amines is 1. The first-order valence-corrected chi connectivity index (χ1v) is 10.5. The molecule has 0 saturated carbocycles. The maximum Gasteiger partial charge on any atom is 0.208 e. The van der Waals surface area contributed by atoms with Gasteiger partial charge < -0.3 is 15.2 Å². The van der Waals surface area contributed by atoms with E-state index < -0.39 is 9.84 Å². The van der Waals surface area contributed by atoms with Gasteiger partial charge in [-0.2, -0.15) is 0 Å². The number of hydrogen-bond donors (Lipinski definition) is 2. The van der Waals surface area contributed by atoms with Crippen molar-refractivity contribution < 1.29 is 8.42 Å². The van der Waals surface area contributed by atoms with E-state index in [0.717, 1.165) is 55.6 Å². The minimum absolute atomic E-state index is 0.331. The number of hydrogen-bond acceptors (Lipinski definition) is 4. The van der Waals surface area contributed by atoms with Crippen molar-refractivity contribution in [3.8, 4) is 0 Å². The molecule has 0 radical (unpaired) electrons. The predicted octanol–water partition coefficient (Wildman–Crippen LogP) is 2.45. The highest BCUT2D eigenvalue weighted by atomic mass is 32.2. The lowest BCUT2D eigenvalue weighted by Gasteiger charge is -2.27. The highest BCUT2D eigenvalue weighted by molar-refractivity contribution is 7.91. The molecule has 2 heterocycles. The van der Waals surface area contributed by atoms with Crippen molar-refractivity contribution in [1.82, 2.24) is 15.2 Å². The number of aromatic nitrogens is 1. The van der Waals surface area contributed by atoms with E-state index in [4.69, 9.17) is 0 Å². The predicted molar refractivity (Wildman–Crippen MR) is 103 cm³/mol. The SMILES string of the molecule is O=S(=O)(c1ccccc1)c1c[nH]c2cccc(CCN3CCNCC3)c12. The molecule has 26 heavy (non-hydrogen) atoms. The zero-order chi connectivity index (χ0) is 18.0. The molecule has 136 valence electrons. The molecule has 2 aromatic carbocycles. The van der Waals surface area contributed by atoms with Gasteiger partial charge in [0, 0.05) is 49.8 Å². The quantitative estimate of drug-likeness (QED) is 0.725. The Hall–Kier alpha value is -2.15. The van der Waals surface area contributed by atoms with Gasteiger partial charge in [0.05, 0.1) is 9.79 Å². The number of sulfone groups is 1. The van der Waals surface area contributed by atoms with Gasteiger partial charge in [0.15, 0.2) is 0 Å². The summed E-state index contributed by atoms with van der Waals surface area (Å²) in [6.45, 7) is 5.05. The molecule has 1 aromatic heterocycles. The van der Waals surface area contributed by atoms with E-state index in [1.165, 1.54) is 0 Å². The van der Waals surface area contributed by atoms with Gasteiger partial charge >= 0.3 is 0 Å².